The van der Waals surface area contributed by atoms with E-state index in [1.807, 2.05) is 0 Å². The summed E-state index contributed by atoms with van der Waals surface area (Å²) < 4.78 is 28.7. The fourth-order valence-electron chi connectivity index (χ4n) is 9.07. The molecule has 0 radical (unpaired) electrons. The van der Waals surface area contributed by atoms with E-state index >= 15 is 0 Å². The number of rotatable bonds is 40. The molecule has 0 spiro atoms. The van der Waals surface area contributed by atoms with Crippen LogP contribution in [0, 0.1) is 0 Å². The van der Waals surface area contributed by atoms with Gasteiger partial charge in [0.2, 0.25) is 0 Å². The molecule has 0 heterocycles. The lowest BCUT2D eigenvalue weighted by Crippen LogP contribution is -2.03. The van der Waals surface area contributed by atoms with Crippen LogP contribution in [0.2, 0.25) is 0 Å². The summed E-state index contributed by atoms with van der Waals surface area (Å²) in [5, 5.41) is 0. The summed E-state index contributed by atoms with van der Waals surface area (Å²) in [6.07, 6.45) is 46.7. The Labute approximate surface area is 478 Å². The Kier molecular flexibility index (Phi) is 31.6. The van der Waals surface area contributed by atoms with Gasteiger partial charge >= 0.3 is 0 Å². The van der Waals surface area contributed by atoms with E-state index in [1.54, 1.807) is 0 Å². The van der Waals surface area contributed by atoms with Crippen LogP contribution in [-0.2, 0) is 0 Å². The monoisotopic (exact) mass is 1150 g/mol. The summed E-state index contributed by atoms with van der Waals surface area (Å²) >= 11 is 7.18. The second-order valence-corrected chi connectivity index (χ2v) is 22.3. The molecule has 0 aromatic heterocycles. The fraction of sp³-hybridized carbons (Fsp3) is 0.457. The maximum absolute atomic E-state index is 6.65. The van der Waals surface area contributed by atoms with Crippen LogP contribution < -0.4 is 18.9 Å². The Morgan fingerprint density at radius 2 is 0.461 bits per heavy atom. The molecule has 6 heteroatoms. The maximum atomic E-state index is 6.65. The molecule has 0 atom stereocenters. The van der Waals surface area contributed by atoms with E-state index < -0.39 is 0 Å². The van der Waals surface area contributed by atoms with Crippen molar-refractivity contribution < 1.29 is 18.9 Å². The number of halogens is 2. The van der Waals surface area contributed by atoms with Gasteiger partial charge in [-0.05, 0) is 96.5 Å². The number of benzene rings is 5. The van der Waals surface area contributed by atoms with Gasteiger partial charge in [-0.3, -0.25) is 0 Å². The van der Waals surface area contributed by atoms with Gasteiger partial charge in [-0.2, -0.15) is 0 Å². The lowest BCUT2D eigenvalue weighted by Gasteiger charge is -2.16. The van der Waals surface area contributed by atoms with Crippen molar-refractivity contribution >= 4 is 80.5 Å². The van der Waals surface area contributed by atoms with Crippen molar-refractivity contribution in [2.24, 2.45) is 0 Å². The zero-order chi connectivity index (χ0) is 53.7. The van der Waals surface area contributed by atoms with E-state index in [0.717, 1.165) is 102 Å². The van der Waals surface area contributed by atoms with E-state index in [0.29, 0.717) is 26.4 Å². The van der Waals surface area contributed by atoms with E-state index in [4.69, 9.17) is 18.9 Å². The highest BCUT2D eigenvalue weighted by molar-refractivity contribution is 9.10. The molecule has 0 saturated heterocycles. The largest absolute Gasteiger partial charge is 0.493 e. The van der Waals surface area contributed by atoms with Crippen molar-refractivity contribution in [1.29, 1.82) is 0 Å². The Morgan fingerprint density at radius 3 is 0.684 bits per heavy atom. The van der Waals surface area contributed by atoms with Crippen molar-refractivity contribution in [3.63, 3.8) is 0 Å². The zero-order valence-electron chi connectivity index (χ0n) is 47.0. The highest BCUT2D eigenvalue weighted by Gasteiger charge is 2.13. The molecule has 0 fully saturated rings. The number of ether oxygens (including phenoxy) is 4. The van der Waals surface area contributed by atoms with E-state index in [2.05, 4.69) is 205 Å². The first-order chi connectivity index (χ1) is 37.4. The SMILES string of the molecule is CCCCCCCCOc1cc(C=Cc2ccc(C=Cc3cc(OCCCCCCCC)c(C=Cc4ccc(Br)cc4)cc3OCCCCCCCC)cc2)c(OCCCCCCCC)cc1C=Cc1ccc(Br)cc1. The van der Waals surface area contributed by atoms with Crippen LogP contribution in [0.15, 0.2) is 106 Å². The molecule has 5 aromatic carbocycles. The third kappa shape index (κ3) is 25.1. The number of hydrogen-bond donors (Lipinski definition) is 0. The molecule has 5 aromatic rings. The summed E-state index contributed by atoms with van der Waals surface area (Å²) in [6, 6.07) is 34.3. The minimum absolute atomic E-state index is 0.686. The first-order valence-electron chi connectivity index (χ1n) is 29.6. The van der Waals surface area contributed by atoms with E-state index in [1.165, 1.54) is 128 Å². The van der Waals surface area contributed by atoms with Crippen molar-refractivity contribution in [2.45, 2.75) is 182 Å². The molecule has 0 bridgehead atoms. The predicted octanol–water partition coefficient (Wildman–Crippen LogP) is 22.9. The second-order valence-electron chi connectivity index (χ2n) is 20.4. The molecule has 5 rings (SSSR count). The van der Waals surface area contributed by atoms with Crippen LogP contribution in [-0.4, -0.2) is 26.4 Å². The summed E-state index contributed by atoms with van der Waals surface area (Å²) in [6.45, 7) is 11.8. The lowest BCUT2D eigenvalue weighted by atomic mass is 10.0. The first kappa shape index (κ1) is 62.1. The third-order valence-electron chi connectivity index (χ3n) is 13.8. The molecule has 0 aliphatic heterocycles. The van der Waals surface area contributed by atoms with Crippen LogP contribution in [0.1, 0.15) is 226 Å². The molecule has 76 heavy (non-hydrogen) atoms. The molecular weight excluding hydrogens is 1060 g/mol. The quantitative estimate of drug-likeness (QED) is 0.0289. The van der Waals surface area contributed by atoms with Gasteiger partial charge in [-0.15, -0.1) is 0 Å². The zero-order valence-corrected chi connectivity index (χ0v) is 50.2. The molecule has 0 saturated carbocycles. The summed E-state index contributed by atoms with van der Waals surface area (Å²) in [7, 11) is 0. The maximum Gasteiger partial charge on any atom is 0.127 e. The summed E-state index contributed by atoms with van der Waals surface area (Å²) in [5.41, 5.74) is 8.59. The minimum atomic E-state index is 0.686. The van der Waals surface area contributed by atoms with Gasteiger partial charge in [0.15, 0.2) is 0 Å². The molecule has 0 aliphatic rings. The van der Waals surface area contributed by atoms with Crippen molar-refractivity contribution in [1.82, 2.24) is 0 Å². The van der Waals surface area contributed by atoms with Crippen molar-refractivity contribution in [2.75, 3.05) is 26.4 Å². The summed E-state index contributed by atoms with van der Waals surface area (Å²) in [5.74, 6) is 3.53. The van der Waals surface area contributed by atoms with Gasteiger partial charge in [-0.25, -0.2) is 0 Å². The van der Waals surface area contributed by atoms with Crippen LogP contribution in [0.25, 0.3) is 48.6 Å². The molecule has 0 aliphatic carbocycles. The smallest absolute Gasteiger partial charge is 0.127 e. The van der Waals surface area contributed by atoms with Gasteiger partial charge < -0.3 is 18.9 Å². The molecule has 4 nitrogen and oxygen atoms in total. The van der Waals surface area contributed by atoms with Crippen LogP contribution in [0.3, 0.4) is 0 Å². The minimum Gasteiger partial charge on any atom is -0.493 e. The first-order valence-corrected chi connectivity index (χ1v) is 31.2. The molecule has 410 valence electrons. The predicted molar refractivity (Wildman–Crippen MR) is 339 cm³/mol. The van der Waals surface area contributed by atoms with Crippen molar-refractivity contribution in [3.05, 3.63) is 151 Å². The Morgan fingerprint density at radius 1 is 0.263 bits per heavy atom. The molecular formula is C70H92Br2O4. The normalized spacial score (nSPS) is 11.8. The highest BCUT2D eigenvalue weighted by atomic mass is 79.9. The second kappa shape index (κ2) is 38.7. The van der Waals surface area contributed by atoms with Gasteiger partial charge in [0, 0.05) is 31.2 Å². The average Bonchev–Trinajstić information content (AvgIpc) is 3.44. The molecule has 0 amide bonds. The van der Waals surface area contributed by atoms with Crippen LogP contribution in [0.5, 0.6) is 23.0 Å². The van der Waals surface area contributed by atoms with Crippen molar-refractivity contribution in [3.8, 4) is 23.0 Å². The number of unbranched alkanes of at least 4 members (excludes halogenated alkanes) is 20. The molecule has 0 N–H and O–H groups in total. The standard InChI is InChI=1S/C70H92Br2O4/c1-5-9-13-17-21-25-49-73-67-55-63(43-35-59-37-45-65(71)46-38-59)69(75-51-27-23-19-15-11-7-3)53-61(67)41-33-57-29-31-58(32-30-57)34-42-62-54-70(76-52-28-24-20-16-12-8-4)64(44-36-60-39-47-66(72)48-40-60)56-68(62)74-50-26-22-18-14-10-6-2/h29-48,53-56H,5-28,49-52H2,1-4H3. The van der Waals surface area contributed by atoms with Crippen LogP contribution >= 0.6 is 31.9 Å². The van der Waals surface area contributed by atoms with Gasteiger partial charge in [0.05, 0.1) is 26.4 Å². The fourth-order valence-corrected chi connectivity index (χ4v) is 9.60. The van der Waals surface area contributed by atoms with E-state index in [-0.39, 0.29) is 0 Å². The highest BCUT2D eigenvalue weighted by Crippen LogP contribution is 2.35. The van der Waals surface area contributed by atoms with Gasteiger partial charge in [0.25, 0.3) is 0 Å². The Hall–Kier alpha value is -4.78. The Bertz CT molecular complexity index is 2280. The Balaban J connectivity index is 1.41. The molecule has 0 unspecified atom stereocenters. The van der Waals surface area contributed by atoms with Crippen LogP contribution in [0.4, 0.5) is 0 Å². The average molecular weight is 1160 g/mol. The lowest BCUT2D eigenvalue weighted by molar-refractivity contribution is 0.295. The number of hydrogen-bond acceptors (Lipinski definition) is 4. The van der Waals surface area contributed by atoms with Gasteiger partial charge in [0.1, 0.15) is 23.0 Å². The van der Waals surface area contributed by atoms with E-state index in [9.17, 15) is 0 Å². The third-order valence-corrected chi connectivity index (χ3v) is 14.9. The topological polar surface area (TPSA) is 36.9 Å². The summed E-state index contributed by atoms with van der Waals surface area (Å²) in [4.78, 5) is 0. The van der Waals surface area contributed by atoms with Gasteiger partial charge in [-0.1, -0.05) is 285 Å².